The summed E-state index contributed by atoms with van der Waals surface area (Å²) in [4.78, 5) is 45.5. The van der Waals surface area contributed by atoms with Crippen LogP contribution in [-0.4, -0.2) is 105 Å². The lowest BCUT2D eigenvalue weighted by Crippen LogP contribution is -2.35. The van der Waals surface area contributed by atoms with Gasteiger partial charge in [-0.3, -0.25) is 18.2 Å². The summed E-state index contributed by atoms with van der Waals surface area (Å²) in [6.45, 7) is -5.63. The summed E-state index contributed by atoms with van der Waals surface area (Å²) in [5.74, 6) is 0.0885. The van der Waals surface area contributed by atoms with Crippen LogP contribution in [0.3, 0.4) is 0 Å². The predicted molar refractivity (Wildman–Crippen MR) is 150 cm³/mol. The first kappa shape index (κ1) is 30.8. The average molecular weight is 692 g/mol. The Balaban J connectivity index is 1.16. The highest BCUT2D eigenvalue weighted by Crippen LogP contribution is 2.52. The van der Waals surface area contributed by atoms with Gasteiger partial charge in [-0.05, 0) is 11.8 Å². The van der Waals surface area contributed by atoms with E-state index in [1.807, 2.05) is 0 Å². The highest BCUT2D eigenvalue weighted by atomic mass is 32.5. The number of fused-ring (bicyclic) bond motifs is 4. The number of halogens is 2. The highest BCUT2D eigenvalue weighted by molar-refractivity contribution is 8.07. The zero-order valence-corrected chi connectivity index (χ0v) is 25.2. The summed E-state index contributed by atoms with van der Waals surface area (Å²) >= 11 is 5.15. The molecule has 7 rings (SSSR count). The highest BCUT2D eigenvalue weighted by Gasteiger charge is 2.52. The minimum atomic E-state index is -4.62. The first-order chi connectivity index (χ1) is 21.4. The van der Waals surface area contributed by atoms with Crippen LogP contribution in [0.1, 0.15) is 12.5 Å². The molecule has 3 aliphatic heterocycles. The molecule has 6 N–H and O–H groups in total. The Morgan fingerprint density at radius 2 is 1.33 bits per heavy atom. The van der Waals surface area contributed by atoms with Crippen LogP contribution >= 0.6 is 14.3 Å². The maximum atomic E-state index is 16.0. The second-order valence-electron chi connectivity index (χ2n) is 10.2. The monoisotopic (exact) mass is 692 g/mol. The number of imidazole rings is 2. The van der Waals surface area contributed by atoms with Gasteiger partial charge >= 0.3 is 14.3 Å². The molecule has 7 heterocycles. The second-order valence-corrected chi connectivity index (χ2v) is 14.8. The van der Waals surface area contributed by atoms with Crippen LogP contribution in [-0.2, 0) is 44.2 Å². The topological polar surface area (TPSA) is 252 Å². The van der Waals surface area contributed by atoms with Gasteiger partial charge in [-0.2, -0.15) is 0 Å². The lowest BCUT2D eigenvalue weighted by Gasteiger charge is -2.25. The third-order valence-corrected chi connectivity index (χ3v) is 9.97. The number of alkyl halides is 2. The van der Waals surface area contributed by atoms with E-state index < -0.39 is 83.1 Å². The summed E-state index contributed by atoms with van der Waals surface area (Å²) in [7, 11) is -4.62. The molecule has 19 nitrogen and oxygen atoms in total. The SMILES string of the molecule is Nc1ncnc2c1ncn2[C@@H]1O[C@@H]2COP(O)(=S)O[C@H]3[C@@H](F)[C@H](n4cnc5c(N)ncnc54)O[C@@H]3COP(=O)(O)CO[C@H]2[C@H]1F. The van der Waals surface area contributed by atoms with E-state index in [4.69, 9.17) is 51.1 Å². The normalized spacial score (nSPS) is 38.0. The van der Waals surface area contributed by atoms with E-state index in [1.54, 1.807) is 0 Å². The number of hydrogen-bond acceptors (Lipinski definition) is 16. The third-order valence-electron chi connectivity index (χ3n) is 7.38. The zero-order chi connectivity index (χ0) is 31.7. The van der Waals surface area contributed by atoms with Crippen molar-refractivity contribution in [1.29, 1.82) is 0 Å². The molecule has 0 aliphatic carbocycles. The van der Waals surface area contributed by atoms with Crippen LogP contribution in [0, 0.1) is 0 Å². The number of nitrogens with two attached hydrogens (primary N) is 2. The maximum absolute atomic E-state index is 16.0. The van der Waals surface area contributed by atoms with Gasteiger partial charge < -0.3 is 44.5 Å². The summed E-state index contributed by atoms with van der Waals surface area (Å²) in [5, 5.41) is 0. The van der Waals surface area contributed by atoms with Gasteiger partial charge in [0.2, 0.25) is 0 Å². The molecular formula is C21H24F2N10O9P2S. The molecule has 3 aliphatic rings. The first-order valence-electron chi connectivity index (χ1n) is 13.1. The van der Waals surface area contributed by atoms with Gasteiger partial charge in [0.25, 0.3) is 0 Å². The van der Waals surface area contributed by atoms with E-state index in [0.717, 1.165) is 12.7 Å². The first-order valence-corrected chi connectivity index (χ1v) is 17.5. The molecule has 0 bridgehead atoms. The van der Waals surface area contributed by atoms with Gasteiger partial charge in [0.05, 0.1) is 25.9 Å². The quantitative estimate of drug-likeness (QED) is 0.208. The van der Waals surface area contributed by atoms with E-state index >= 15 is 8.78 Å². The van der Waals surface area contributed by atoms with Crippen molar-refractivity contribution in [2.45, 2.75) is 49.2 Å². The average Bonchev–Trinajstić information content (AvgIpc) is 3.75. The minimum absolute atomic E-state index is 0.0404. The molecule has 2 unspecified atom stereocenters. The number of ether oxygens (including phenoxy) is 3. The van der Waals surface area contributed by atoms with Crippen molar-refractivity contribution in [2.75, 3.05) is 31.0 Å². The Bertz CT molecular complexity index is 1860. The number of nitrogen functional groups attached to an aromatic ring is 2. The second kappa shape index (κ2) is 11.4. The Labute approximate surface area is 255 Å². The van der Waals surface area contributed by atoms with Crippen LogP contribution in [0.5, 0.6) is 0 Å². The molecule has 4 aromatic heterocycles. The predicted octanol–water partition coefficient (Wildman–Crippen LogP) is 0.478. The molecule has 0 radical (unpaired) electrons. The number of anilines is 2. The smallest absolute Gasteiger partial charge is 0.353 e. The number of rotatable bonds is 2. The largest absolute Gasteiger partial charge is 0.382 e. The van der Waals surface area contributed by atoms with Gasteiger partial charge in [-0.15, -0.1) is 0 Å². The third kappa shape index (κ3) is 5.59. The van der Waals surface area contributed by atoms with Crippen LogP contribution < -0.4 is 11.5 Å². The molecule has 0 spiro atoms. The molecule has 3 saturated heterocycles. The van der Waals surface area contributed by atoms with Gasteiger partial charge in [-0.25, -0.2) is 38.7 Å². The zero-order valence-electron chi connectivity index (χ0n) is 22.6. The molecule has 0 saturated carbocycles. The standard InChI is InChI=1S/C21H24F2N10O9P2S/c22-10-14-8(40-20(10)32-5-30-12-16(24)26-3-28-18(12)32)2-39-44(36,45)42-15-9(1-38-43(34,35)7-37-14)41-21(11(15)23)33-6-31-13-17(25)27-4-29-19(13)33/h3-6,8-11,14-15,20-21H,1-2,7H2,(H,34,35)(H,36,45)(H2,24,26,28)(H2,25,27,29)/t8-,9-,10-,11-,14-,15-,20-,21-,44?/m1/s1. The number of nitrogens with zero attached hydrogens (tertiary/aromatic N) is 8. The number of hydrogen-bond donors (Lipinski definition) is 4. The van der Waals surface area contributed by atoms with Crippen molar-refractivity contribution in [3.05, 3.63) is 25.3 Å². The lowest BCUT2D eigenvalue weighted by atomic mass is 10.1. The molecule has 242 valence electrons. The fourth-order valence-electron chi connectivity index (χ4n) is 5.30. The van der Waals surface area contributed by atoms with Crippen LogP contribution in [0.25, 0.3) is 22.3 Å². The Hall–Kier alpha value is -2.88. The van der Waals surface area contributed by atoms with E-state index in [9.17, 15) is 14.4 Å². The Kier molecular flexibility index (Phi) is 7.81. The van der Waals surface area contributed by atoms with Gasteiger partial charge in [-0.1, -0.05) is 0 Å². The molecule has 24 heteroatoms. The van der Waals surface area contributed by atoms with E-state index in [1.165, 1.54) is 21.8 Å². The van der Waals surface area contributed by atoms with Crippen molar-refractivity contribution in [2.24, 2.45) is 0 Å². The lowest BCUT2D eigenvalue weighted by molar-refractivity contribution is -0.0544. The minimum Gasteiger partial charge on any atom is -0.382 e. The molecule has 0 aromatic carbocycles. The van der Waals surface area contributed by atoms with E-state index in [-0.39, 0.29) is 34.0 Å². The Morgan fingerprint density at radius 3 is 1.91 bits per heavy atom. The molecule has 0 amide bonds. The molecule has 10 atom stereocenters. The van der Waals surface area contributed by atoms with Crippen molar-refractivity contribution in [1.82, 2.24) is 39.0 Å². The van der Waals surface area contributed by atoms with Gasteiger partial charge in [0.1, 0.15) is 54.5 Å². The summed E-state index contributed by atoms with van der Waals surface area (Å²) in [5.41, 5.74) is 12.3. The van der Waals surface area contributed by atoms with Crippen molar-refractivity contribution in [3.63, 3.8) is 0 Å². The van der Waals surface area contributed by atoms with E-state index in [0.29, 0.717) is 0 Å². The van der Waals surface area contributed by atoms with Crippen molar-refractivity contribution >= 4 is 60.1 Å². The van der Waals surface area contributed by atoms with Gasteiger partial charge in [0.15, 0.2) is 47.7 Å². The fourth-order valence-corrected chi connectivity index (χ4v) is 7.55. The van der Waals surface area contributed by atoms with Crippen molar-refractivity contribution in [3.8, 4) is 0 Å². The summed E-state index contributed by atoms with van der Waals surface area (Å²) < 4.78 is 80.7. The van der Waals surface area contributed by atoms with Crippen molar-refractivity contribution < 1.29 is 50.9 Å². The molecular weight excluding hydrogens is 668 g/mol. The molecule has 4 aromatic rings. The fraction of sp³-hybridized carbons (Fsp3) is 0.524. The summed E-state index contributed by atoms with van der Waals surface area (Å²) in [6, 6.07) is 0. The van der Waals surface area contributed by atoms with Crippen LogP contribution in [0.4, 0.5) is 20.4 Å². The van der Waals surface area contributed by atoms with Gasteiger partial charge in [0, 0.05) is 0 Å². The Morgan fingerprint density at radius 1 is 0.822 bits per heavy atom. The summed E-state index contributed by atoms with van der Waals surface area (Å²) in [6.07, 6.45) is -9.02. The molecule has 3 fully saturated rings. The van der Waals surface area contributed by atoms with Crippen LogP contribution in [0.15, 0.2) is 25.3 Å². The van der Waals surface area contributed by atoms with E-state index in [2.05, 4.69) is 29.9 Å². The maximum Gasteiger partial charge on any atom is 0.353 e. The van der Waals surface area contributed by atoms with Crippen LogP contribution in [0.2, 0.25) is 0 Å². The molecule has 45 heavy (non-hydrogen) atoms. The number of aromatic nitrogens is 8.